The number of benzene rings is 1. The highest BCUT2D eigenvalue weighted by Gasteiger charge is 2.20. The maximum Gasteiger partial charge on any atom is 0.230 e. The molecular formula is C14H18N4O2S. The number of hydrogen-bond donors (Lipinski definition) is 2. The van der Waals surface area contributed by atoms with Crippen molar-refractivity contribution in [2.45, 2.75) is 25.8 Å². The number of aromatic nitrogens is 2. The van der Waals surface area contributed by atoms with Gasteiger partial charge in [0.15, 0.2) is 0 Å². The number of ether oxygens (including phenoxy) is 1. The van der Waals surface area contributed by atoms with E-state index in [1.807, 2.05) is 38.1 Å². The number of methoxy groups -OCH3 is 1. The number of anilines is 1. The molecule has 3 N–H and O–H groups in total. The molecule has 6 nitrogen and oxygen atoms in total. The quantitative estimate of drug-likeness (QED) is 0.881. The highest BCUT2D eigenvalue weighted by molar-refractivity contribution is 7.15. The molecule has 1 heterocycles. The number of rotatable bonds is 5. The van der Waals surface area contributed by atoms with Crippen molar-refractivity contribution in [2.75, 3.05) is 12.4 Å². The van der Waals surface area contributed by atoms with E-state index in [-0.39, 0.29) is 12.3 Å². The van der Waals surface area contributed by atoms with E-state index >= 15 is 0 Å². The van der Waals surface area contributed by atoms with E-state index in [0.717, 1.165) is 11.3 Å². The lowest BCUT2D eigenvalue weighted by molar-refractivity contribution is -0.115. The molecule has 112 valence electrons. The van der Waals surface area contributed by atoms with Crippen molar-refractivity contribution in [1.82, 2.24) is 10.2 Å². The Morgan fingerprint density at radius 1 is 1.33 bits per heavy atom. The zero-order chi connectivity index (χ0) is 15.5. The molecular weight excluding hydrogens is 288 g/mol. The Kier molecular flexibility index (Phi) is 4.54. The highest BCUT2D eigenvalue weighted by atomic mass is 32.1. The van der Waals surface area contributed by atoms with Gasteiger partial charge in [-0.25, -0.2) is 0 Å². The van der Waals surface area contributed by atoms with Crippen LogP contribution < -0.4 is 15.8 Å². The van der Waals surface area contributed by atoms with Crippen molar-refractivity contribution >= 4 is 22.4 Å². The van der Waals surface area contributed by atoms with E-state index in [4.69, 9.17) is 10.5 Å². The minimum Gasteiger partial charge on any atom is -0.497 e. The first-order chi connectivity index (χ1) is 9.88. The van der Waals surface area contributed by atoms with Gasteiger partial charge in [0.25, 0.3) is 0 Å². The molecule has 1 aromatic carbocycles. The van der Waals surface area contributed by atoms with Crippen LogP contribution in [0.3, 0.4) is 0 Å². The molecule has 0 radical (unpaired) electrons. The second-order valence-electron chi connectivity index (χ2n) is 5.21. The van der Waals surface area contributed by atoms with Gasteiger partial charge in [-0.3, -0.25) is 4.79 Å². The van der Waals surface area contributed by atoms with Gasteiger partial charge in [-0.2, -0.15) is 0 Å². The molecule has 0 bridgehead atoms. The molecule has 2 rings (SSSR count). The molecule has 0 unspecified atom stereocenters. The molecule has 0 aliphatic rings. The number of amides is 1. The summed E-state index contributed by atoms with van der Waals surface area (Å²) in [4.78, 5) is 12.0. The Morgan fingerprint density at radius 3 is 2.52 bits per heavy atom. The maximum atomic E-state index is 12.0. The molecule has 0 saturated heterocycles. The third-order valence-electron chi connectivity index (χ3n) is 2.75. The fourth-order valence-electron chi connectivity index (χ4n) is 1.63. The third kappa shape index (κ3) is 4.24. The van der Waals surface area contributed by atoms with Crippen molar-refractivity contribution in [3.63, 3.8) is 0 Å². The van der Waals surface area contributed by atoms with Crippen molar-refractivity contribution < 1.29 is 9.53 Å². The van der Waals surface area contributed by atoms with Crippen LogP contribution in [-0.4, -0.2) is 23.2 Å². The zero-order valence-electron chi connectivity index (χ0n) is 12.2. The van der Waals surface area contributed by atoms with Crippen LogP contribution in [0.1, 0.15) is 24.4 Å². The SMILES string of the molecule is COc1ccc(CC(=O)Nc2nnc(C(C)(C)N)s2)cc1. The zero-order valence-corrected chi connectivity index (χ0v) is 13.0. The Bertz CT molecular complexity index is 617. The van der Waals surface area contributed by atoms with Gasteiger partial charge in [-0.1, -0.05) is 23.5 Å². The smallest absolute Gasteiger partial charge is 0.230 e. The monoisotopic (exact) mass is 306 g/mol. The lowest BCUT2D eigenvalue weighted by Crippen LogP contribution is -2.28. The van der Waals surface area contributed by atoms with E-state index in [0.29, 0.717) is 10.1 Å². The first-order valence-corrected chi connectivity index (χ1v) is 7.26. The van der Waals surface area contributed by atoms with Crippen LogP contribution in [-0.2, 0) is 16.8 Å². The summed E-state index contributed by atoms with van der Waals surface area (Å²) in [7, 11) is 1.60. The molecule has 21 heavy (non-hydrogen) atoms. The number of carbonyl (C=O) groups is 1. The lowest BCUT2D eigenvalue weighted by atomic mass is 10.1. The second-order valence-corrected chi connectivity index (χ2v) is 6.18. The number of carbonyl (C=O) groups excluding carboxylic acids is 1. The standard InChI is InChI=1S/C14H18N4O2S/c1-14(2,15)12-17-18-13(21-12)16-11(19)8-9-4-6-10(20-3)7-5-9/h4-7H,8,15H2,1-3H3,(H,16,18,19). The van der Waals surface area contributed by atoms with E-state index in [1.165, 1.54) is 11.3 Å². The van der Waals surface area contributed by atoms with Gasteiger partial charge in [0.1, 0.15) is 10.8 Å². The average Bonchev–Trinajstić information content (AvgIpc) is 2.88. The summed E-state index contributed by atoms with van der Waals surface area (Å²) < 4.78 is 5.08. The van der Waals surface area contributed by atoms with Crippen LogP contribution in [0.15, 0.2) is 24.3 Å². The van der Waals surface area contributed by atoms with E-state index in [1.54, 1.807) is 7.11 Å². The van der Waals surface area contributed by atoms with Crippen molar-refractivity contribution in [2.24, 2.45) is 5.73 Å². The molecule has 0 aliphatic heterocycles. The maximum absolute atomic E-state index is 12.0. The second kappa shape index (κ2) is 6.19. The normalized spacial score (nSPS) is 11.2. The molecule has 0 atom stereocenters. The van der Waals surface area contributed by atoms with Crippen LogP contribution in [0, 0.1) is 0 Å². The van der Waals surface area contributed by atoms with Gasteiger partial charge in [-0.15, -0.1) is 10.2 Å². The van der Waals surface area contributed by atoms with Crippen LogP contribution in [0.4, 0.5) is 5.13 Å². The minimum absolute atomic E-state index is 0.141. The summed E-state index contributed by atoms with van der Waals surface area (Å²) in [6.07, 6.45) is 0.269. The van der Waals surface area contributed by atoms with Gasteiger partial charge >= 0.3 is 0 Å². The first kappa shape index (κ1) is 15.4. The van der Waals surface area contributed by atoms with Gasteiger partial charge in [0.05, 0.1) is 19.1 Å². The summed E-state index contributed by atoms with van der Waals surface area (Å²) in [5, 5.41) is 11.8. The Hall–Kier alpha value is -1.99. The molecule has 1 amide bonds. The summed E-state index contributed by atoms with van der Waals surface area (Å²) in [6.45, 7) is 3.69. The van der Waals surface area contributed by atoms with Gasteiger partial charge < -0.3 is 15.8 Å². The molecule has 0 aliphatic carbocycles. The Morgan fingerprint density at radius 2 is 2.00 bits per heavy atom. The summed E-state index contributed by atoms with van der Waals surface area (Å²) >= 11 is 1.29. The van der Waals surface area contributed by atoms with Crippen LogP contribution in [0.25, 0.3) is 0 Å². The Labute approximate surface area is 127 Å². The van der Waals surface area contributed by atoms with Crippen molar-refractivity contribution in [3.05, 3.63) is 34.8 Å². The van der Waals surface area contributed by atoms with Crippen molar-refractivity contribution in [3.8, 4) is 5.75 Å². The summed E-state index contributed by atoms with van der Waals surface area (Å²) in [5.74, 6) is 0.621. The fourth-order valence-corrected chi connectivity index (χ4v) is 2.40. The lowest BCUT2D eigenvalue weighted by Gasteiger charge is -2.12. The van der Waals surface area contributed by atoms with E-state index in [2.05, 4.69) is 15.5 Å². The van der Waals surface area contributed by atoms with E-state index < -0.39 is 5.54 Å². The molecule has 0 spiro atoms. The van der Waals surface area contributed by atoms with Gasteiger partial charge in [-0.05, 0) is 31.5 Å². The van der Waals surface area contributed by atoms with Crippen LogP contribution in [0.2, 0.25) is 0 Å². The third-order valence-corrected chi connectivity index (χ3v) is 3.92. The summed E-state index contributed by atoms with van der Waals surface area (Å²) in [5.41, 5.74) is 6.28. The predicted molar refractivity (Wildman–Crippen MR) is 82.5 cm³/mol. The molecule has 0 fully saturated rings. The van der Waals surface area contributed by atoms with E-state index in [9.17, 15) is 4.79 Å². The topological polar surface area (TPSA) is 90.1 Å². The number of nitrogens with zero attached hydrogens (tertiary/aromatic N) is 2. The van der Waals surface area contributed by atoms with Crippen LogP contribution >= 0.6 is 11.3 Å². The summed E-state index contributed by atoms with van der Waals surface area (Å²) in [6, 6.07) is 7.35. The highest BCUT2D eigenvalue weighted by Crippen LogP contribution is 2.24. The predicted octanol–water partition coefficient (Wildman–Crippen LogP) is 1.92. The average molecular weight is 306 g/mol. The molecule has 1 aromatic heterocycles. The number of hydrogen-bond acceptors (Lipinski definition) is 6. The molecule has 7 heteroatoms. The number of nitrogens with two attached hydrogens (primary N) is 1. The van der Waals surface area contributed by atoms with Gasteiger partial charge in [0, 0.05) is 0 Å². The molecule has 0 saturated carbocycles. The van der Waals surface area contributed by atoms with Crippen LogP contribution in [0.5, 0.6) is 5.75 Å². The first-order valence-electron chi connectivity index (χ1n) is 6.44. The largest absolute Gasteiger partial charge is 0.497 e. The number of nitrogens with one attached hydrogen (secondary N) is 1. The minimum atomic E-state index is -0.559. The van der Waals surface area contributed by atoms with Gasteiger partial charge in [0.2, 0.25) is 11.0 Å². The molecule has 2 aromatic rings. The van der Waals surface area contributed by atoms with Crippen molar-refractivity contribution in [1.29, 1.82) is 0 Å². The fraction of sp³-hybridized carbons (Fsp3) is 0.357. The Balaban J connectivity index is 1.96.